The maximum absolute atomic E-state index is 6.02. The van der Waals surface area contributed by atoms with Crippen molar-refractivity contribution in [3.05, 3.63) is 32.9 Å². The largest absolute Gasteiger partial charge is 0.380 e. The molecule has 0 spiro atoms. The van der Waals surface area contributed by atoms with E-state index in [9.17, 15) is 0 Å². The Balaban J connectivity index is 2.79. The third kappa shape index (κ3) is 2.93. The predicted molar refractivity (Wildman–Crippen MR) is 67.3 cm³/mol. The van der Waals surface area contributed by atoms with Gasteiger partial charge >= 0.3 is 0 Å². The zero-order chi connectivity index (χ0) is 10.6. The Morgan fingerprint density at radius 1 is 1.50 bits per heavy atom. The second kappa shape index (κ2) is 5.68. The fourth-order valence-electron chi connectivity index (χ4n) is 1.29. The van der Waals surface area contributed by atoms with E-state index in [1.165, 1.54) is 14.7 Å². The van der Waals surface area contributed by atoms with Crippen LogP contribution in [-0.4, -0.2) is 13.2 Å². The SMILES string of the molecule is CCOCC(N)c1cccc(C)c1I. The average Bonchev–Trinajstić information content (AvgIpc) is 2.18. The summed E-state index contributed by atoms with van der Waals surface area (Å²) in [6.45, 7) is 5.39. The van der Waals surface area contributed by atoms with Crippen LogP contribution in [0.4, 0.5) is 0 Å². The van der Waals surface area contributed by atoms with Crippen LogP contribution in [0.3, 0.4) is 0 Å². The summed E-state index contributed by atoms with van der Waals surface area (Å²) in [5, 5.41) is 0. The molecule has 0 heterocycles. The molecule has 2 nitrogen and oxygen atoms in total. The lowest BCUT2D eigenvalue weighted by molar-refractivity contribution is 0.133. The van der Waals surface area contributed by atoms with E-state index in [4.69, 9.17) is 10.5 Å². The van der Waals surface area contributed by atoms with Crippen LogP contribution < -0.4 is 5.73 Å². The average molecular weight is 305 g/mol. The van der Waals surface area contributed by atoms with E-state index in [-0.39, 0.29) is 6.04 Å². The summed E-state index contributed by atoms with van der Waals surface area (Å²) in [6, 6.07) is 6.19. The van der Waals surface area contributed by atoms with Crippen molar-refractivity contribution in [2.75, 3.05) is 13.2 Å². The number of benzene rings is 1. The first kappa shape index (κ1) is 11.9. The molecule has 1 aromatic rings. The normalized spacial score (nSPS) is 12.9. The smallest absolute Gasteiger partial charge is 0.0659 e. The van der Waals surface area contributed by atoms with Gasteiger partial charge < -0.3 is 10.5 Å². The fourth-order valence-corrected chi connectivity index (χ4v) is 2.05. The molecule has 0 saturated heterocycles. The van der Waals surface area contributed by atoms with Gasteiger partial charge in [0.15, 0.2) is 0 Å². The van der Waals surface area contributed by atoms with E-state index in [0.29, 0.717) is 6.61 Å². The van der Waals surface area contributed by atoms with Gasteiger partial charge in [0.1, 0.15) is 0 Å². The Bertz CT molecular complexity index is 301. The molecule has 0 bridgehead atoms. The molecule has 1 aromatic carbocycles. The number of rotatable bonds is 4. The van der Waals surface area contributed by atoms with Crippen molar-refractivity contribution in [1.82, 2.24) is 0 Å². The molecule has 1 unspecified atom stereocenters. The molecule has 0 saturated carbocycles. The lowest BCUT2D eigenvalue weighted by atomic mass is 10.1. The van der Waals surface area contributed by atoms with Crippen molar-refractivity contribution in [1.29, 1.82) is 0 Å². The van der Waals surface area contributed by atoms with Crippen LogP contribution in [0.5, 0.6) is 0 Å². The number of hydrogen-bond donors (Lipinski definition) is 1. The third-order valence-corrected chi connectivity index (χ3v) is 3.60. The molecule has 0 amide bonds. The zero-order valence-corrected chi connectivity index (χ0v) is 10.7. The van der Waals surface area contributed by atoms with Crippen LogP contribution in [0.25, 0.3) is 0 Å². The molecule has 1 atom stereocenters. The second-order valence-electron chi connectivity index (χ2n) is 3.24. The van der Waals surface area contributed by atoms with Crippen molar-refractivity contribution in [2.45, 2.75) is 19.9 Å². The standard InChI is InChI=1S/C11H16INO/c1-3-14-7-10(13)9-6-4-5-8(2)11(9)12/h4-6,10H,3,7,13H2,1-2H3. The first-order chi connectivity index (χ1) is 6.66. The first-order valence-corrected chi connectivity index (χ1v) is 5.83. The van der Waals surface area contributed by atoms with Gasteiger partial charge in [0, 0.05) is 10.2 Å². The molecule has 78 valence electrons. The van der Waals surface area contributed by atoms with E-state index in [2.05, 4.69) is 41.6 Å². The minimum absolute atomic E-state index is 0.0123. The topological polar surface area (TPSA) is 35.2 Å². The number of hydrogen-bond acceptors (Lipinski definition) is 2. The Hall–Kier alpha value is -0.130. The molecule has 0 fully saturated rings. The Morgan fingerprint density at radius 3 is 2.86 bits per heavy atom. The number of nitrogens with two attached hydrogens (primary N) is 1. The highest BCUT2D eigenvalue weighted by Gasteiger charge is 2.10. The zero-order valence-electron chi connectivity index (χ0n) is 8.59. The minimum Gasteiger partial charge on any atom is -0.380 e. The summed E-state index contributed by atoms with van der Waals surface area (Å²) in [5.74, 6) is 0. The molecule has 0 radical (unpaired) electrons. The molecule has 0 aliphatic heterocycles. The van der Waals surface area contributed by atoms with Crippen molar-refractivity contribution in [3.8, 4) is 0 Å². The number of ether oxygens (including phenoxy) is 1. The van der Waals surface area contributed by atoms with Gasteiger partial charge in [0.25, 0.3) is 0 Å². The monoisotopic (exact) mass is 305 g/mol. The van der Waals surface area contributed by atoms with E-state index < -0.39 is 0 Å². The minimum atomic E-state index is -0.0123. The maximum Gasteiger partial charge on any atom is 0.0659 e. The lowest BCUT2D eigenvalue weighted by Crippen LogP contribution is -2.18. The van der Waals surface area contributed by atoms with Crippen LogP contribution in [0.1, 0.15) is 24.1 Å². The highest BCUT2D eigenvalue weighted by atomic mass is 127. The molecular weight excluding hydrogens is 289 g/mol. The molecule has 0 aliphatic carbocycles. The van der Waals surface area contributed by atoms with Gasteiger partial charge in [-0.2, -0.15) is 0 Å². The fraction of sp³-hybridized carbons (Fsp3) is 0.455. The number of aryl methyl sites for hydroxylation is 1. The Kier molecular flexibility index (Phi) is 4.84. The molecule has 3 heteroatoms. The van der Waals surface area contributed by atoms with Gasteiger partial charge in [-0.25, -0.2) is 0 Å². The molecule has 1 rings (SSSR count). The molecular formula is C11H16INO. The Labute approximate surface area is 99.0 Å². The van der Waals surface area contributed by atoms with E-state index >= 15 is 0 Å². The van der Waals surface area contributed by atoms with Gasteiger partial charge in [0.05, 0.1) is 12.6 Å². The van der Waals surface area contributed by atoms with Crippen LogP contribution in [-0.2, 0) is 4.74 Å². The van der Waals surface area contributed by atoms with Gasteiger partial charge in [-0.3, -0.25) is 0 Å². The third-order valence-electron chi connectivity index (χ3n) is 2.12. The van der Waals surface area contributed by atoms with Crippen LogP contribution in [0.15, 0.2) is 18.2 Å². The molecule has 2 N–H and O–H groups in total. The highest BCUT2D eigenvalue weighted by molar-refractivity contribution is 14.1. The maximum atomic E-state index is 6.02. The summed E-state index contributed by atoms with van der Waals surface area (Å²) in [4.78, 5) is 0. The van der Waals surface area contributed by atoms with Crippen LogP contribution in [0, 0.1) is 10.5 Å². The van der Waals surface area contributed by atoms with Crippen molar-refractivity contribution in [3.63, 3.8) is 0 Å². The van der Waals surface area contributed by atoms with E-state index in [0.717, 1.165) is 6.61 Å². The van der Waals surface area contributed by atoms with Gasteiger partial charge in [-0.15, -0.1) is 0 Å². The molecule has 0 aliphatic rings. The summed E-state index contributed by atoms with van der Waals surface area (Å²) in [6.07, 6.45) is 0. The van der Waals surface area contributed by atoms with Crippen LogP contribution in [0.2, 0.25) is 0 Å². The van der Waals surface area contributed by atoms with Crippen molar-refractivity contribution in [2.24, 2.45) is 5.73 Å². The van der Waals surface area contributed by atoms with Crippen molar-refractivity contribution < 1.29 is 4.74 Å². The van der Waals surface area contributed by atoms with E-state index in [1.54, 1.807) is 0 Å². The predicted octanol–water partition coefficient (Wildman–Crippen LogP) is 2.64. The van der Waals surface area contributed by atoms with Crippen LogP contribution >= 0.6 is 22.6 Å². The Morgan fingerprint density at radius 2 is 2.21 bits per heavy atom. The summed E-state index contributed by atoms with van der Waals surface area (Å²) >= 11 is 2.34. The van der Waals surface area contributed by atoms with Gasteiger partial charge in [0.2, 0.25) is 0 Å². The van der Waals surface area contributed by atoms with Gasteiger partial charge in [-0.1, -0.05) is 18.2 Å². The molecule has 0 aromatic heterocycles. The lowest BCUT2D eigenvalue weighted by Gasteiger charge is -2.14. The summed E-state index contributed by atoms with van der Waals surface area (Å²) < 4.78 is 6.56. The summed E-state index contributed by atoms with van der Waals surface area (Å²) in [5.41, 5.74) is 8.47. The first-order valence-electron chi connectivity index (χ1n) is 4.75. The molecule has 14 heavy (non-hydrogen) atoms. The number of halogens is 1. The quantitative estimate of drug-likeness (QED) is 0.868. The van der Waals surface area contributed by atoms with Crippen molar-refractivity contribution >= 4 is 22.6 Å². The van der Waals surface area contributed by atoms with Gasteiger partial charge in [-0.05, 0) is 47.6 Å². The summed E-state index contributed by atoms with van der Waals surface area (Å²) in [7, 11) is 0. The highest BCUT2D eigenvalue weighted by Crippen LogP contribution is 2.21. The van der Waals surface area contributed by atoms with E-state index in [1.807, 2.05) is 13.0 Å². The second-order valence-corrected chi connectivity index (χ2v) is 4.32.